The highest BCUT2D eigenvalue weighted by Gasteiger charge is 2.46. The van der Waals surface area contributed by atoms with Crippen LogP contribution in [-0.2, 0) is 4.79 Å². The Balaban J connectivity index is 2.10. The SMILES string of the molecule is CCC1(C)NC(=O)N(CC(N)c2ccc(OC)cc2)C1=O. The third-order valence-corrected chi connectivity index (χ3v) is 3.98. The summed E-state index contributed by atoms with van der Waals surface area (Å²) < 4.78 is 5.09. The molecule has 1 aliphatic rings. The van der Waals surface area contributed by atoms with Gasteiger partial charge in [-0.05, 0) is 31.0 Å². The highest BCUT2D eigenvalue weighted by atomic mass is 16.5. The highest BCUT2D eigenvalue weighted by Crippen LogP contribution is 2.23. The van der Waals surface area contributed by atoms with Gasteiger partial charge in [-0.25, -0.2) is 4.79 Å². The van der Waals surface area contributed by atoms with Crippen molar-refractivity contribution in [3.8, 4) is 5.75 Å². The topological polar surface area (TPSA) is 84.7 Å². The van der Waals surface area contributed by atoms with E-state index in [0.717, 1.165) is 11.3 Å². The highest BCUT2D eigenvalue weighted by molar-refractivity contribution is 6.06. The maximum absolute atomic E-state index is 12.3. The minimum Gasteiger partial charge on any atom is -0.497 e. The Kier molecular flexibility index (Phi) is 4.18. The van der Waals surface area contributed by atoms with E-state index in [0.29, 0.717) is 6.42 Å². The van der Waals surface area contributed by atoms with E-state index in [-0.39, 0.29) is 18.5 Å². The Morgan fingerprint density at radius 3 is 2.43 bits per heavy atom. The van der Waals surface area contributed by atoms with Crippen LogP contribution in [0.2, 0.25) is 0 Å². The minimum absolute atomic E-state index is 0.159. The predicted octanol–water partition coefficient (Wildman–Crippen LogP) is 1.42. The molecular weight excluding hydrogens is 270 g/mol. The molecule has 1 heterocycles. The maximum atomic E-state index is 12.3. The summed E-state index contributed by atoms with van der Waals surface area (Å²) in [4.78, 5) is 25.4. The quantitative estimate of drug-likeness (QED) is 0.803. The number of carbonyl (C=O) groups is 2. The van der Waals surface area contributed by atoms with Gasteiger partial charge in [-0.2, -0.15) is 0 Å². The Morgan fingerprint density at radius 2 is 1.95 bits per heavy atom. The number of nitrogens with one attached hydrogen (secondary N) is 1. The summed E-state index contributed by atoms with van der Waals surface area (Å²) in [6, 6.07) is 6.47. The van der Waals surface area contributed by atoms with Crippen molar-refractivity contribution in [1.82, 2.24) is 10.2 Å². The van der Waals surface area contributed by atoms with Crippen molar-refractivity contribution in [3.63, 3.8) is 0 Å². The molecule has 21 heavy (non-hydrogen) atoms. The van der Waals surface area contributed by atoms with Crippen molar-refractivity contribution >= 4 is 11.9 Å². The van der Waals surface area contributed by atoms with Crippen molar-refractivity contribution in [1.29, 1.82) is 0 Å². The van der Waals surface area contributed by atoms with Crippen molar-refractivity contribution in [3.05, 3.63) is 29.8 Å². The summed E-state index contributed by atoms with van der Waals surface area (Å²) in [5.41, 5.74) is 6.13. The van der Waals surface area contributed by atoms with Crippen LogP contribution < -0.4 is 15.8 Å². The molecule has 6 nitrogen and oxygen atoms in total. The monoisotopic (exact) mass is 291 g/mol. The molecule has 1 fully saturated rings. The Morgan fingerprint density at radius 1 is 1.33 bits per heavy atom. The second kappa shape index (κ2) is 5.73. The molecule has 2 atom stereocenters. The number of rotatable bonds is 5. The molecule has 1 aliphatic heterocycles. The molecule has 0 bridgehead atoms. The smallest absolute Gasteiger partial charge is 0.325 e. The van der Waals surface area contributed by atoms with E-state index in [2.05, 4.69) is 5.32 Å². The molecule has 1 aromatic carbocycles. The van der Waals surface area contributed by atoms with Gasteiger partial charge >= 0.3 is 6.03 Å². The second-order valence-electron chi connectivity index (χ2n) is 5.41. The van der Waals surface area contributed by atoms with E-state index >= 15 is 0 Å². The third kappa shape index (κ3) is 2.85. The number of hydrogen-bond acceptors (Lipinski definition) is 4. The number of benzene rings is 1. The first-order valence-corrected chi connectivity index (χ1v) is 6.95. The summed E-state index contributed by atoms with van der Waals surface area (Å²) in [6.07, 6.45) is 0.547. The van der Waals surface area contributed by atoms with E-state index < -0.39 is 11.6 Å². The fourth-order valence-corrected chi connectivity index (χ4v) is 2.31. The molecule has 114 valence electrons. The average Bonchev–Trinajstić information content (AvgIpc) is 2.71. The average molecular weight is 291 g/mol. The van der Waals surface area contributed by atoms with Crippen LogP contribution in [0.4, 0.5) is 4.79 Å². The van der Waals surface area contributed by atoms with Gasteiger partial charge in [-0.1, -0.05) is 19.1 Å². The fourth-order valence-electron chi connectivity index (χ4n) is 2.31. The second-order valence-corrected chi connectivity index (χ2v) is 5.41. The van der Waals surface area contributed by atoms with E-state index in [9.17, 15) is 9.59 Å². The molecule has 1 aromatic rings. The number of urea groups is 1. The zero-order chi connectivity index (χ0) is 15.6. The van der Waals surface area contributed by atoms with Gasteiger partial charge in [0, 0.05) is 12.6 Å². The molecule has 0 aliphatic carbocycles. The molecule has 3 amide bonds. The van der Waals surface area contributed by atoms with Gasteiger partial charge in [0.15, 0.2) is 0 Å². The number of nitrogens with zero attached hydrogens (tertiary/aromatic N) is 1. The number of methoxy groups -OCH3 is 1. The summed E-state index contributed by atoms with van der Waals surface area (Å²) in [6.45, 7) is 3.75. The zero-order valence-corrected chi connectivity index (χ0v) is 12.6. The van der Waals surface area contributed by atoms with Crippen molar-refractivity contribution in [2.24, 2.45) is 5.73 Å². The normalized spacial score (nSPS) is 23.1. The molecule has 0 spiro atoms. The molecule has 2 unspecified atom stereocenters. The summed E-state index contributed by atoms with van der Waals surface area (Å²) in [7, 11) is 1.59. The fraction of sp³-hybridized carbons (Fsp3) is 0.467. The lowest BCUT2D eigenvalue weighted by molar-refractivity contribution is -0.131. The first kappa shape index (κ1) is 15.3. The van der Waals surface area contributed by atoms with Crippen molar-refractivity contribution < 1.29 is 14.3 Å². The number of imide groups is 1. The van der Waals surface area contributed by atoms with Gasteiger partial charge in [-0.15, -0.1) is 0 Å². The summed E-state index contributed by atoms with van der Waals surface area (Å²) >= 11 is 0. The lowest BCUT2D eigenvalue weighted by atomic mass is 9.99. The molecule has 0 saturated carbocycles. The molecule has 6 heteroatoms. The number of amides is 3. The Hall–Kier alpha value is -2.08. The number of carbonyl (C=O) groups excluding carboxylic acids is 2. The molecule has 0 aromatic heterocycles. The Bertz CT molecular complexity index is 544. The minimum atomic E-state index is -0.823. The van der Waals surface area contributed by atoms with Crippen LogP contribution in [0.5, 0.6) is 5.75 Å². The third-order valence-electron chi connectivity index (χ3n) is 3.98. The number of ether oxygens (including phenoxy) is 1. The van der Waals surface area contributed by atoms with Crippen molar-refractivity contribution in [2.75, 3.05) is 13.7 Å². The van der Waals surface area contributed by atoms with Gasteiger partial charge in [0.2, 0.25) is 0 Å². The molecule has 1 saturated heterocycles. The van der Waals surface area contributed by atoms with Crippen LogP contribution in [0, 0.1) is 0 Å². The lowest BCUT2D eigenvalue weighted by Crippen LogP contribution is -2.43. The van der Waals surface area contributed by atoms with Gasteiger partial charge in [0.05, 0.1) is 7.11 Å². The van der Waals surface area contributed by atoms with Crippen LogP contribution in [0.15, 0.2) is 24.3 Å². The predicted molar refractivity (Wildman–Crippen MR) is 78.9 cm³/mol. The van der Waals surface area contributed by atoms with Gasteiger partial charge < -0.3 is 15.8 Å². The van der Waals surface area contributed by atoms with Gasteiger partial charge in [0.25, 0.3) is 5.91 Å². The first-order valence-electron chi connectivity index (χ1n) is 6.95. The standard InChI is InChI=1S/C15H21N3O3/c1-4-15(2)13(19)18(14(20)17-15)9-12(16)10-5-7-11(21-3)8-6-10/h5-8,12H,4,9,16H2,1-3H3,(H,17,20). The number of nitrogens with two attached hydrogens (primary N) is 1. The van der Waals surface area contributed by atoms with E-state index in [1.165, 1.54) is 4.90 Å². The summed E-state index contributed by atoms with van der Waals surface area (Å²) in [5, 5.41) is 2.72. The number of hydrogen-bond donors (Lipinski definition) is 2. The Labute approximate surface area is 124 Å². The van der Waals surface area contributed by atoms with E-state index in [1.807, 2.05) is 19.1 Å². The zero-order valence-electron chi connectivity index (χ0n) is 12.6. The largest absolute Gasteiger partial charge is 0.497 e. The lowest BCUT2D eigenvalue weighted by Gasteiger charge is -2.21. The van der Waals surface area contributed by atoms with Gasteiger partial charge in [-0.3, -0.25) is 9.69 Å². The first-order chi connectivity index (χ1) is 9.91. The molecule has 2 rings (SSSR count). The summed E-state index contributed by atoms with van der Waals surface area (Å²) in [5.74, 6) is 0.512. The van der Waals surface area contributed by atoms with E-state index in [1.54, 1.807) is 26.2 Å². The van der Waals surface area contributed by atoms with Crippen molar-refractivity contribution in [2.45, 2.75) is 31.8 Å². The molecule has 0 radical (unpaired) electrons. The van der Waals surface area contributed by atoms with Crippen LogP contribution in [-0.4, -0.2) is 36.0 Å². The van der Waals surface area contributed by atoms with Crippen LogP contribution in [0.3, 0.4) is 0 Å². The van der Waals surface area contributed by atoms with Gasteiger partial charge in [0.1, 0.15) is 11.3 Å². The van der Waals surface area contributed by atoms with Crippen LogP contribution in [0.25, 0.3) is 0 Å². The van der Waals surface area contributed by atoms with Crippen LogP contribution in [0.1, 0.15) is 31.9 Å². The molecular formula is C15H21N3O3. The maximum Gasteiger partial charge on any atom is 0.325 e. The van der Waals surface area contributed by atoms with E-state index in [4.69, 9.17) is 10.5 Å². The molecule has 3 N–H and O–H groups in total. The van der Waals surface area contributed by atoms with Crippen LogP contribution >= 0.6 is 0 Å².